The SMILES string of the molecule is Cn1nnnc1SCC1=C(C(=O)O)N2C(=O)[C@H](NC(=O)C(NC(=O)C(N)=O)c3ccco3)[C@@H]2SC1. The maximum absolute atomic E-state index is 12.9. The van der Waals surface area contributed by atoms with E-state index in [4.69, 9.17) is 10.2 Å². The third-order valence-electron chi connectivity index (χ3n) is 5.09. The van der Waals surface area contributed by atoms with E-state index in [1.54, 1.807) is 7.05 Å². The van der Waals surface area contributed by atoms with E-state index in [-0.39, 0.29) is 17.2 Å². The number of carbonyl (C=O) groups is 5. The molecule has 17 heteroatoms. The lowest BCUT2D eigenvalue weighted by Gasteiger charge is -2.49. The number of hydrogen-bond acceptors (Lipinski definition) is 11. The molecule has 0 bridgehead atoms. The van der Waals surface area contributed by atoms with Crippen molar-refractivity contribution < 1.29 is 33.5 Å². The third-order valence-corrected chi connectivity index (χ3v) is 7.53. The molecule has 4 amide bonds. The molecule has 2 aliphatic rings. The molecule has 2 aromatic heterocycles. The predicted molar refractivity (Wildman–Crippen MR) is 118 cm³/mol. The zero-order valence-electron chi connectivity index (χ0n) is 17.9. The maximum Gasteiger partial charge on any atom is 0.352 e. The number of amides is 4. The van der Waals surface area contributed by atoms with Crippen LogP contribution in [0.5, 0.6) is 0 Å². The van der Waals surface area contributed by atoms with Crippen molar-refractivity contribution in [2.75, 3.05) is 11.5 Å². The number of β-lactam (4-membered cyclic amide) rings is 1. The molecular formula is C18H18N8O7S2. The highest BCUT2D eigenvalue weighted by molar-refractivity contribution is 8.01. The number of nitrogens with zero attached hydrogens (tertiary/aromatic N) is 5. The highest BCUT2D eigenvalue weighted by Gasteiger charge is 2.54. The van der Waals surface area contributed by atoms with E-state index in [9.17, 15) is 29.1 Å². The Hall–Kier alpha value is -3.86. The van der Waals surface area contributed by atoms with E-state index < -0.39 is 47.1 Å². The highest BCUT2D eigenvalue weighted by Crippen LogP contribution is 2.41. The molecular weight excluding hydrogens is 504 g/mol. The average molecular weight is 523 g/mol. The third kappa shape index (κ3) is 4.72. The quantitative estimate of drug-likeness (QED) is 0.168. The lowest BCUT2D eigenvalue weighted by molar-refractivity contribution is -0.151. The summed E-state index contributed by atoms with van der Waals surface area (Å²) in [7, 11) is 1.65. The van der Waals surface area contributed by atoms with Gasteiger partial charge in [0.25, 0.3) is 11.8 Å². The Morgan fingerprint density at radius 1 is 1.40 bits per heavy atom. The summed E-state index contributed by atoms with van der Waals surface area (Å²) in [5, 5.41) is 25.3. The van der Waals surface area contributed by atoms with Gasteiger partial charge < -0.3 is 25.9 Å². The number of carboxylic acid groups (broad SMARTS) is 1. The van der Waals surface area contributed by atoms with E-state index in [1.165, 1.54) is 46.6 Å². The average Bonchev–Trinajstić information content (AvgIpc) is 3.50. The minimum Gasteiger partial charge on any atom is -0.477 e. The number of aryl methyl sites for hydroxylation is 1. The molecule has 35 heavy (non-hydrogen) atoms. The number of carbonyl (C=O) groups excluding carboxylic acids is 4. The van der Waals surface area contributed by atoms with Gasteiger partial charge in [-0.2, -0.15) is 0 Å². The second-order valence-corrected chi connectivity index (χ2v) is 9.36. The van der Waals surface area contributed by atoms with Crippen LogP contribution in [0.2, 0.25) is 0 Å². The number of aliphatic carboxylic acids is 1. The Balaban J connectivity index is 1.49. The summed E-state index contributed by atoms with van der Waals surface area (Å²) in [6, 6.07) is 0.390. The van der Waals surface area contributed by atoms with Gasteiger partial charge in [-0.3, -0.25) is 24.1 Å². The molecule has 0 spiro atoms. The summed E-state index contributed by atoms with van der Waals surface area (Å²) in [4.78, 5) is 61.8. The van der Waals surface area contributed by atoms with Crippen LogP contribution in [0.25, 0.3) is 0 Å². The number of nitrogens with one attached hydrogen (secondary N) is 2. The van der Waals surface area contributed by atoms with Crippen molar-refractivity contribution in [3.63, 3.8) is 0 Å². The van der Waals surface area contributed by atoms with Crippen LogP contribution in [0, 0.1) is 0 Å². The van der Waals surface area contributed by atoms with Crippen LogP contribution < -0.4 is 16.4 Å². The van der Waals surface area contributed by atoms with E-state index in [2.05, 4.69) is 26.2 Å². The number of hydrogen-bond donors (Lipinski definition) is 4. The van der Waals surface area contributed by atoms with Gasteiger partial charge in [0.05, 0.1) is 6.26 Å². The Morgan fingerprint density at radius 3 is 2.77 bits per heavy atom. The standard InChI is InChI=1S/C18H18N8O7S2/c1-25-18(22-23-24-25)35-6-7-5-34-16-10(15(30)26(16)11(7)17(31)32)21-13(28)9(8-3-2-4-33-8)20-14(29)12(19)27/h2-4,9-10,16H,5-6H2,1H3,(H2,19,27)(H,20,29)(H,21,28)(H,31,32)/t9?,10-,16-/m0/s1. The molecule has 2 aromatic rings. The molecule has 3 atom stereocenters. The first kappa shape index (κ1) is 24.3. The summed E-state index contributed by atoms with van der Waals surface area (Å²) >= 11 is 2.51. The number of carboxylic acids is 1. The first-order valence-corrected chi connectivity index (χ1v) is 11.9. The predicted octanol–water partition coefficient (Wildman–Crippen LogP) is -2.02. The molecule has 0 aromatic carbocycles. The van der Waals surface area contributed by atoms with Crippen LogP contribution in [0.1, 0.15) is 11.8 Å². The van der Waals surface area contributed by atoms with Gasteiger partial charge in [0.2, 0.25) is 5.16 Å². The topological polar surface area (TPSA) is 216 Å². The number of rotatable bonds is 8. The van der Waals surface area contributed by atoms with Crippen LogP contribution in [-0.4, -0.2) is 82.7 Å². The molecule has 4 heterocycles. The van der Waals surface area contributed by atoms with Gasteiger partial charge in [0.15, 0.2) is 6.04 Å². The fourth-order valence-corrected chi connectivity index (χ4v) is 5.78. The van der Waals surface area contributed by atoms with Gasteiger partial charge in [-0.25, -0.2) is 9.48 Å². The summed E-state index contributed by atoms with van der Waals surface area (Å²) < 4.78 is 6.60. The number of furan rings is 1. The molecule has 2 aliphatic heterocycles. The van der Waals surface area contributed by atoms with E-state index in [0.717, 1.165) is 4.90 Å². The number of nitrogens with two attached hydrogens (primary N) is 1. The number of fused-ring (bicyclic) bond motifs is 1. The van der Waals surface area contributed by atoms with Gasteiger partial charge in [0.1, 0.15) is 22.9 Å². The maximum atomic E-state index is 12.9. The van der Waals surface area contributed by atoms with Crippen molar-refractivity contribution in [2.24, 2.45) is 12.8 Å². The molecule has 1 saturated heterocycles. The zero-order chi connectivity index (χ0) is 25.3. The van der Waals surface area contributed by atoms with Crippen molar-refractivity contribution in [1.29, 1.82) is 0 Å². The van der Waals surface area contributed by atoms with E-state index >= 15 is 0 Å². The molecule has 184 valence electrons. The zero-order valence-corrected chi connectivity index (χ0v) is 19.5. The number of tetrazole rings is 1. The van der Waals surface area contributed by atoms with Crippen LogP contribution in [0.15, 0.2) is 39.2 Å². The minimum absolute atomic E-state index is 0.0146. The number of aromatic nitrogens is 4. The van der Waals surface area contributed by atoms with Gasteiger partial charge in [-0.05, 0) is 28.1 Å². The smallest absolute Gasteiger partial charge is 0.352 e. The Bertz CT molecular complexity index is 1230. The summed E-state index contributed by atoms with van der Waals surface area (Å²) in [6.45, 7) is 0. The van der Waals surface area contributed by atoms with Crippen LogP contribution >= 0.6 is 23.5 Å². The van der Waals surface area contributed by atoms with Gasteiger partial charge in [-0.1, -0.05) is 11.8 Å². The largest absolute Gasteiger partial charge is 0.477 e. The first-order valence-electron chi connectivity index (χ1n) is 9.88. The Morgan fingerprint density at radius 2 is 2.17 bits per heavy atom. The van der Waals surface area contributed by atoms with Crippen LogP contribution in [0.4, 0.5) is 0 Å². The fraction of sp³-hybridized carbons (Fsp3) is 0.333. The van der Waals surface area contributed by atoms with Gasteiger partial charge in [0, 0.05) is 18.6 Å². The summed E-state index contributed by atoms with van der Waals surface area (Å²) in [6.07, 6.45) is 1.26. The van der Waals surface area contributed by atoms with Crippen molar-refractivity contribution >= 4 is 53.1 Å². The van der Waals surface area contributed by atoms with Crippen molar-refractivity contribution in [3.05, 3.63) is 35.4 Å². The fourth-order valence-electron chi connectivity index (χ4n) is 3.45. The number of primary amides is 1. The summed E-state index contributed by atoms with van der Waals surface area (Å²) in [5.74, 6) is -4.70. The lowest BCUT2D eigenvalue weighted by atomic mass is 10.0. The van der Waals surface area contributed by atoms with Crippen LogP contribution in [-0.2, 0) is 31.0 Å². The normalized spacial score (nSPS) is 20.0. The van der Waals surface area contributed by atoms with Crippen molar-refractivity contribution in [2.45, 2.75) is 22.6 Å². The van der Waals surface area contributed by atoms with Crippen LogP contribution in [0.3, 0.4) is 0 Å². The molecule has 15 nitrogen and oxygen atoms in total. The van der Waals surface area contributed by atoms with E-state index in [0.29, 0.717) is 16.5 Å². The molecule has 1 fully saturated rings. The molecule has 1 unspecified atom stereocenters. The number of thioether (sulfide) groups is 2. The molecule has 0 saturated carbocycles. The van der Waals surface area contributed by atoms with Gasteiger partial charge in [-0.15, -0.1) is 16.9 Å². The molecule has 4 rings (SSSR count). The monoisotopic (exact) mass is 522 g/mol. The first-order chi connectivity index (χ1) is 16.7. The van der Waals surface area contributed by atoms with Gasteiger partial charge >= 0.3 is 17.8 Å². The molecule has 0 radical (unpaired) electrons. The molecule has 5 N–H and O–H groups in total. The van der Waals surface area contributed by atoms with Crippen molar-refractivity contribution in [3.8, 4) is 0 Å². The minimum atomic E-state index is -1.43. The Kier molecular flexibility index (Phi) is 6.79. The summed E-state index contributed by atoms with van der Waals surface area (Å²) in [5.41, 5.74) is 5.30. The highest BCUT2D eigenvalue weighted by atomic mass is 32.2. The van der Waals surface area contributed by atoms with E-state index in [1.807, 2.05) is 0 Å². The lowest BCUT2D eigenvalue weighted by Crippen LogP contribution is -2.71. The second-order valence-electron chi connectivity index (χ2n) is 7.31. The molecule has 0 aliphatic carbocycles. The second kappa shape index (κ2) is 9.79. The van der Waals surface area contributed by atoms with Crippen molar-refractivity contribution in [1.82, 2.24) is 35.7 Å². The Labute approximate surface area is 204 Å².